The van der Waals surface area contributed by atoms with E-state index in [2.05, 4.69) is 20.9 Å². The Bertz CT molecular complexity index is 1480. The highest BCUT2D eigenvalue weighted by Gasteiger charge is 2.26. The fourth-order valence-corrected chi connectivity index (χ4v) is 5.30. The van der Waals surface area contributed by atoms with E-state index < -0.39 is 17.9 Å². The number of carbonyl (C=O) groups excluding carboxylic acids is 4. The van der Waals surface area contributed by atoms with Gasteiger partial charge >= 0.3 is 6.09 Å². The predicted octanol–water partition coefficient (Wildman–Crippen LogP) is 4.81. The number of benzene rings is 3. The number of amides is 4. The van der Waals surface area contributed by atoms with Gasteiger partial charge in [-0.15, -0.1) is 0 Å². The zero-order chi connectivity index (χ0) is 32.2. The first kappa shape index (κ1) is 33.8. The second-order valence-corrected chi connectivity index (χ2v) is 11.6. The number of rotatable bonds is 13. The van der Waals surface area contributed by atoms with Crippen LogP contribution in [-0.2, 0) is 32.1 Å². The number of anilines is 1. The maximum absolute atomic E-state index is 13.4. The van der Waals surface area contributed by atoms with Crippen LogP contribution in [0.1, 0.15) is 35.6 Å². The molecule has 12 heteroatoms. The van der Waals surface area contributed by atoms with Crippen LogP contribution in [0.5, 0.6) is 0 Å². The number of likely N-dealkylation sites (N-methyl/N-ethyl adjacent to an activating group) is 1. The van der Waals surface area contributed by atoms with Crippen molar-refractivity contribution in [1.82, 2.24) is 20.4 Å². The molecule has 0 aromatic heterocycles. The van der Waals surface area contributed by atoms with Crippen molar-refractivity contribution in [1.29, 1.82) is 0 Å². The van der Waals surface area contributed by atoms with E-state index >= 15 is 0 Å². The number of hydrogen-bond acceptors (Lipinski definition) is 6. The van der Waals surface area contributed by atoms with E-state index in [0.29, 0.717) is 22.3 Å². The Labute approximate surface area is 273 Å². The van der Waals surface area contributed by atoms with E-state index in [-0.39, 0.29) is 38.1 Å². The number of nitrogens with one attached hydrogen (secondary N) is 3. The maximum Gasteiger partial charge on any atom is 0.407 e. The van der Waals surface area contributed by atoms with Gasteiger partial charge in [0.25, 0.3) is 0 Å². The Balaban J connectivity index is 1.30. The molecule has 4 rings (SSSR count). The number of carbonyl (C=O) groups is 4. The largest absolute Gasteiger partial charge is 0.445 e. The summed E-state index contributed by atoms with van der Waals surface area (Å²) in [7, 11) is 1.78. The first-order valence-electron chi connectivity index (χ1n) is 14.7. The first-order valence-corrected chi connectivity index (χ1v) is 15.5. The zero-order valence-corrected chi connectivity index (χ0v) is 26.6. The summed E-state index contributed by atoms with van der Waals surface area (Å²) in [5, 5.41) is 8.48. The Kier molecular flexibility index (Phi) is 12.6. The van der Waals surface area contributed by atoms with Gasteiger partial charge in [0.05, 0.1) is 29.1 Å². The average Bonchev–Trinajstić information content (AvgIpc) is 3.56. The molecule has 45 heavy (non-hydrogen) atoms. The Morgan fingerprint density at radius 1 is 0.844 bits per heavy atom. The van der Waals surface area contributed by atoms with Crippen molar-refractivity contribution in [3.63, 3.8) is 0 Å². The molecule has 3 aromatic rings. The quantitative estimate of drug-likeness (QED) is 0.244. The van der Waals surface area contributed by atoms with Crippen LogP contribution in [0.4, 0.5) is 10.5 Å². The first-order chi connectivity index (χ1) is 21.7. The highest BCUT2D eigenvalue weighted by Crippen LogP contribution is 2.27. The van der Waals surface area contributed by atoms with Gasteiger partial charge in [0, 0.05) is 19.3 Å². The molecule has 3 aromatic carbocycles. The van der Waals surface area contributed by atoms with Gasteiger partial charge in [0.1, 0.15) is 13.2 Å². The summed E-state index contributed by atoms with van der Waals surface area (Å²) in [5.74, 6) is -1.05. The minimum absolute atomic E-state index is 0.0766. The molecule has 0 saturated carbocycles. The fraction of sp³-hybridized carbons (Fsp3) is 0.333. The van der Waals surface area contributed by atoms with Crippen LogP contribution < -0.4 is 16.0 Å². The summed E-state index contributed by atoms with van der Waals surface area (Å²) in [6.45, 7) is 2.02. The van der Waals surface area contributed by atoms with Crippen molar-refractivity contribution in [3.8, 4) is 0 Å². The molecule has 4 amide bonds. The second kappa shape index (κ2) is 16.8. The number of hydrogen-bond donors (Lipinski definition) is 3. The molecule has 1 heterocycles. The molecular weight excluding hydrogens is 617 g/mol. The van der Waals surface area contributed by atoms with Crippen molar-refractivity contribution in [2.75, 3.05) is 45.1 Å². The molecule has 10 nitrogen and oxygen atoms in total. The highest BCUT2D eigenvalue weighted by atomic mass is 35.5. The molecule has 0 unspecified atom stereocenters. The average molecular weight is 655 g/mol. The van der Waals surface area contributed by atoms with Gasteiger partial charge in [-0.05, 0) is 66.9 Å². The van der Waals surface area contributed by atoms with Crippen LogP contribution in [0.3, 0.4) is 0 Å². The number of alkyl carbamates (subject to hydrolysis) is 1. The molecule has 1 atom stereocenters. The van der Waals surface area contributed by atoms with Crippen molar-refractivity contribution in [3.05, 3.63) is 99.5 Å². The Morgan fingerprint density at radius 2 is 1.58 bits per heavy atom. The third-order valence-corrected chi connectivity index (χ3v) is 8.18. The van der Waals surface area contributed by atoms with Gasteiger partial charge in [-0.25, -0.2) is 4.79 Å². The summed E-state index contributed by atoms with van der Waals surface area (Å²) in [5.41, 5.74) is 2.99. The normalized spacial score (nSPS) is 13.5. The lowest BCUT2D eigenvalue weighted by Gasteiger charge is -2.32. The van der Waals surface area contributed by atoms with Crippen LogP contribution in [0, 0.1) is 0 Å². The fourth-order valence-electron chi connectivity index (χ4n) is 4.98. The molecule has 0 radical (unpaired) electrons. The zero-order valence-electron chi connectivity index (χ0n) is 25.1. The van der Waals surface area contributed by atoms with E-state index in [1.54, 1.807) is 36.2 Å². The molecular formula is C33H37Cl2N5O5. The van der Waals surface area contributed by atoms with Crippen molar-refractivity contribution >= 4 is 52.7 Å². The molecule has 1 saturated heterocycles. The van der Waals surface area contributed by atoms with E-state index in [0.717, 1.165) is 42.6 Å². The molecule has 0 bridgehead atoms. The summed E-state index contributed by atoms with van der Waals surface area (Å²) in [4.78, 5) is 54.1. The van der Waals surface area contributed by atoms with Crippen LogP contribution in [0.25, 0.3) is 0 Å². The number of ether oxygens (including phenoxy) is 1. The summed E-state index contributed by atoms with van der Waals surface area (Å²) in [6.07, 6.45) is 1.65. The van der Waals surface area contributed by atoms with Crippen LogP contribution in [0.15, 0.2) is 72.8 Å². The standard InChI is InChI=1S/C33H37Cl2N5O5/c1-39(32(43)17-24-12-13-27(34)28(35)16-24)29(21-40-14-5-6-15-40)25-10-7-11-26(18-25)38-31(42)20-36-30(41)19-37-33(44)45-22-23-8-3-2-4-9-23/h2-4,7-13,16,18,29H,5-6,14-15,17,19-22H2,1H3,(H,36,41)(H,37,44)(H,38,42)/t29-/m1/s1. The van der Waals surface area contributed by atoms with E-state index in [4.69, 9.17) is 27.9 Å². The minimum Gasteiger partial charge on any atom is -0.445 e. The van der Waals surface area contributed by atoms with Gasteiger partial charge < -0.3 is 30.5 Å². The lowest BCUT2D eigenvalue weighted by molar-refractivity contribution is -0.131. The molecule has 0 aliphatic carbocycles. The van der Waals surface area contributed by atoms with Gasteiger partial charge in [0.15, 0.2) is 0 Å². The van der Waals surface area contributed by atoms with Gasteiger partial charge in [0.2, 0.25) is 17.7 Å². The van der Waals surface area contributed by atoms with E-state index in [1.165, 1.54) is 0 Å². The van der Waals surface area contributed by atoms with Crippen LogP contribution >= 0.6 is 23.2 Å². The van der Waals surface area contributed by atoms with Crippen LogP contribution in [-0.4, -0.2) is 73.4 Å². The summed E-state index contributed by atoms with van der Waals surface area (Å²) >= 11 is 12.2. The number of likely N-dealkylation sites (tertiary alicyclic amines) is 1. The molecule has 1 aliphatic rings. The number of halogens is 2. The summed E-state index contributed by atoms with van der Waals surface area (Å²) < 4.78 is 5.08. The highest BCUT2D eigenvalue weighted by molar-refractivity contribution is 6.42. The lowest BCUT2D eigenvalue weighted by Crippen LogP contribution is -2.40. The molecule has 238 valence electrons. The SMILES string of the molecule is CN(C(=O)Cc1ccc(Cl)c(Cl)c1)[C@H](CN1CCCC1)c1cccc(NC(=O)CNC(=O)CNC(=O)OCc2ccccc2)c1. The van der Waals surface area contributed by atoms with E-state index in [1.807, 2.05) is 48.5 Å². The van der Waals surface area contributed by atoms with Gasteiger partial charge in [-0.2, -0.15) is 0 Å². The third kappa shape index (κ3) is 10.8. The molecule has 1 fully saturated rings. The summed E-state index contributed by atoms with van der Waals surface area (Å²) in [6, 6.07) is 21.4. The molecule has 0 spiro atoms. The van der Waals surface area contributed by atoms with Gasteiger partial charge in [-0.3, -0.25) is 14.4 Å². The van der Waals surface area contributed by atoms with E-state index in [9.17, 15) is 19.2 Å². The Morgan fingerprint density at radius 3 is 2.31 bits per heavy atom. The topological polar surface area (TPSA) is 120 Å². The molecule has 3 N–H and O–H groups in total. The van der Waals surface area contributed by atoms with Gasteiger partial charge in [-0.1, -0.05) is 71.7 Å². The van der Waals surface area contributed by atoms with Crippen molar-refractivity contribution < 1.29 is 23.9 Å². The number of nitrogens with zero attached hydrogens (tertiary/aromatic N) is 2. The Hall–Kier alpha value is -4.12. The lowest BCUT2D eigenvalue weighted by atomic mass is 10.0. The second-order valence-electron chi connectivity index (χ2n) is 10.8. The monoisotopic (exact) mass is 653 g/mol. The smallest absolute Gasteiger partial charge is 0.407 e. The third-order valence-electron chi connectivity index (χ3n) is 7.44. The molecule has 1 aliphatic heterocycles. The van der Waals surface area contributed by atoms with Crippen molar-refractivity contribution in [2.45, 2.75) is 31.9 Å². The minimum atomic E-state index is -0.737. The van der Waals surface area contributed by atoms with Crippen LogP contribution in [0.2, 0.25) is 10.0 Å². The predicted molar refractivity (Wildman–Crippen MR) is 174 cm³/mol. The maximum atomic E-state index is 13.4. The van der Waals surface area contributed by atoms with Crippen molar-refractivity contribution in [2.24, 2.45) is 0 Å².